The number of halogens is 1. The van der Waals surface area contributed by atoms with Crippen LogP contribution in [0.3, 0.4) is 0 Å². The molecule has 1 heterocycles. The molecular weight excluding hydrogens is 367 g/mol. The highest BCUT2D eigenvalue weighted by Gasteiger charge is 2.41. The molecule has 2 aromatic rings. The Morgan fingerprint density at radius 1 is 1.07 bits per heavy atom. The highest BCUT2D eigenvalue weighted by Crippen LogP contribution is 2.46. The van der Waals surface area contributed by atoms with E-state index in [4.69, 9.17) is 4.74 Å². The maximum absolute atomic E-state index is 13.4. The zero-order valence-corrected chi connectivity index (χ0v) is 16.4. The average molecular weight is 388 g/mol. The van der Waals surface area contributed by atoms with E-state index < -0.39 is 11.8 Å². The lowest BCUT2D eigenvalue weighted by Crippen LogP contribution is -2.32. The van der Waals surface area contributed by atoms with E-state index in [0.717, 1.165) is 22.6 Å². The number of Topliss-reactive ketones (excluding diaryl/α,β-unsaturated/α-hetero) is 1. The number of methoxy groups -OCH3 is 1. The number of ketones is 1. The van der Waals surface area contributed by atoms with E-state index in [1.807, 2.05) is 31.2 Å². The first-order valence-corrected chi connectivity index (χ1v) is 9.62. The summed E-state index contributed by atoms with van der Waals surface area (Å²) in [6.45, 7) is 1.83. The van der Waals surface area contributed by atoms with Crippen LogP contribution in [0.2, 0.25) is 0 Å². The second-order valence-corrected chi connectivity index (χ2v) is 7.55. The van der Waals surface area contributed by atoms with Crippen molar-refractivity contribution in [2.24, 2.45) is 10.9 Å². The standard InChI is InChI=1S/C24H21FN2O2/c1-14-20(13-26)23(16-3-7-18(25)8-4-16)24-21(27-14)11-17(12-22(24)28)15-5-9-19(29-2)10-6-15/h3-10,17,20,23H,11-12H2,1-2H3/t17-,20?,23-/m0/s1. The van der Waals surface area contributed by atoms with Crippen LogP contribution in [-0.2, 0) is 4.79 Å². The van der Waals surface area contributed by atoms with E-state index in [0.29, 0.717) is 24.1 Å². The second kappa shape index (κ2) is 7.63. The number of nitrogens with zero attached hydrogens (tertiary/aromatic N) is 2. The van der Waals surface area contributed by atoms with Crippen LogP contribution in [0.5, 0.6) is 5.75 Å². The van der Waals surface area contributed by atoms with Gasteiger partial charge in [-0.15, -0.1) is 0 Å². The van der Waals surface area contributed by atoms with Crippen molar-refractivity contribution in [1.82, 2.24) is 0 Å². The fourth-order valence-corrected chi connectivity index (χ4v) is 4.37. The zero-order chi connectivity index (χ0) is 20.5. The summed E-state index contributed by atoms with van der Waals surface area (Å²) in [4.78, 5) is 17.9. The Hall–Kier alpha value is -3.26. The summed E-state index contributed by atoms with van der Waals surface area (Å²) in [6, 6.07) is 16.1. The van der Waals surface area contributed by atoms with Crippen LogP contribution in [0.1, 0.15) is 42.7 Å². The molecule has 0 radical (unpaired) electrons. The lowest BCUT2D eigenvalue weighted by molar-refractivity contribution is -0.116. The van der Waals surface area contributed by atoms with Crippen molar-refractivity contribution < 1.29 is 13.9 Å². The largest absolute Gasteiger partial charge is 0.497 e. The molecule has 1 unspecified atom stereocenters. The van der Waals surface area contributed by atoms with E-state index in [2.05, 4.69) is 11.1 Å². The van der Waals surface area contributed by atoms with Gasteiger partial charge in [0.2, 0.25) is 0 Å². The van der Waals surface area contributed by atoms with E-state index in [1.54, 1.807) is 19.2 Å². The van der Waals surface area contributed by atoms with Crippen LogP contribution in [0.15, 0.2) is 64.8 Å². The Labute approximate surface area is 169 Å². The van der Waals surface area contributed by atoms with E-state index in [9.17, 15) is 14.4 Å². The molecule has 0 amide bonds. The van der Waals surface area contributed by atoms with E-state index in [1.165, 1.54) is 12.1 Å². The SMILES string of the molecule is COc1ccc([C@@H]2CC(=O)C3=C(C2)N=C(C)C(C#N)[C@@H]3c2ccc(F)cc2)cc1. The molecular formula is C24H21FN2O2. The van der Waals surface area contributed by atoms with Crippen LogP contribution in [0.4, 0.5) is 4.39 Å². The maximum Gasteiger partial charge on any atom is 0.161 e. The lowest BCUT2D eigenvalue weighted by atomic mass is 9.69. The average Bonchev–Trinajstić information content (AvgIpc) is 2.73. The molecule has 0 fully saturated rings. The molecule has 3 atom stereocenters. The Morgan fingerprint density at radius 2 is 1.72 bits per heavy atom. The fraction of sp³-hybridized carbons (Fsp3) is 0.292. The number of aliphatic imine (C=N–C) groups is 1. The molecule has 146 valence electrons. The molecule has 2 aromatic carbocycles. The van der Waals surface area contributed by atoms with Gasteiger partial charge in [0.1, 0.15) is 11.6 Å². The third-order valence-electron chi connectivity index (χ3n) is 5.84. The molecule has 0 saturated heterocycles. The number of carbonyl (C=O) groups is 1. The summed E-state index contributed by atoms with van der Waals surface area (Å²) in [5, 5.41) is 9.75. The van der Waals surface area contributed by atoms with Gasteiger partial charge in [-0.25, -0.2) is 4.39 Å². The number of hydrogen-bond donors (Lipinski definition) is 0. The molecule has 1 aliphatic carbocycles. The molecule has 1 aliphatic heterocycles. The molecule has 4 rings (SSSR count). The fourth-order valence-electron chi connectivity index (χ4n) is 4.37. The van der Waals surface area contributed by atoms with Crippen LogP contribution in [-0.4, -0.2) is 18.6 Å². The highest BCUT2D eigenvalue weighted by molar-refractivity contribution is 6.03. The van der Waals surface area contributed by atoms with Crippen molar-refractivity contribution in [3.63, 3.8) is 0 Å². The number of allylic oxidation sites excluding steroid dienone is 2. The minimum Gasteiger partial charge on any atom is -0.497 e. The number of hydrogen-bond acceptors (Lipinski definition) is 4. The van der Waals surface area contributed by atoms with Crippen molar-refractivity contribution in [1.29, 1.82) is 5.26 Å². The molecule has 0 aromatic heterocycles. The van der Waals surface area contributed by atoms with Gasteiger partial charge in [-0.1, -0.05) is 24.3 Å². The summed E-state index contributed by atoms with van der Waals surface area (Å²) in [6.07, 6.45) is 1.01. The molecule has 0 bridgehead atoms. The molecule has 4 nitrogen and oxygen atoms in total. The minimum absolute atomic E-state index is 0.0119. The van der Waals surface area contributed by atoms with Gasteiger partial charge in [0.15, 0.2) is 5.78 Å². The van der Waals surface area contributed by atoms with Gasteiger partial charge in [0.25, 0.3) is 0 Å². The zero-order valence-electron chi connectivity index (χ0n) is 16.4. The number of ether oxygens (including phenoxy) is 1. The van der Waals surface area contributed by atoms with Gasteiger partial charge in [0.05, 0.1) is 19.1 Å². The molecule has 0 saturated carbocycles. The van der Waals surface area contributed by atoms with Crippen molar-refractivity contribution in [2.45, 2.75) is 31.6 Å². The van der Waals surface area contributed by atoms with Gasteiger partial charge < -0.3 is 4.74 Å². The second-order valence-electron chi connectivity index (χ2n) is 7.55. The summed E-state index contributed by atoms with van der Waals surface area (Å²) in [5.41, 5.74) is 3.90. The lowest BCUT2D eigenvalue weighted by Gasteiger charge is -2.35. The third-order valence-corrected chi connectivity index (χ3v) is 5.84. The Balaban J connectivity index is 1.74. The molecule has 29 heavy (non-hydrogen) atoms. The van der Waals surface area contributed by atoms with Gasteiger partial charge >= 0.3 is 0 Å². The van der Waals surface area contributed by atoms with Crippen molar-refractivity contribution in [3.05, 3.63) is 76.7 Å². The third kappa shape index (κ3) is 3.47. The predicted octanol–water partition coefficient (Wildman–Crippen LogP) is 4.93. The number of rotatable bonds is 3. The number of nitriles is 1. The topological polar surface area (TPSA) is 62.4 Å². The smallest absolute Gasteiger partial charge is 0.161 e. The highest BCUT2D eigenvalue weighted by atomic mass is 19.1. The number of carbonyl (C=O) groups excluding carboxylic acids is 1. The van der Waals surface area contributed by atoms with E-state index >= 15 is 0 Å². The maximum atomic E-state index is 13.4. The van der Waals surface area contributed by atoms with Crippen LogP contribution in [0.25, 0.3) is 0 Å². The van der Waals surface area contributed by atoms with Crippen LogP contribution >= 0.6 is 0 Å². The van der Waals surface area contributed by atoms with Crippen molar-refractivity contribution >= 4 is 11.5 Å². The summed E-state index contributed by atoms with van der Waals surface area (Å²) >= 11 is 0. The Kier molecular flexibility index (Phi) is 5.02. The van der Waals surface area contributed by atoms with Gasteiger partial charge in [-0.05, 0) is 54.7 Å². The normalized spacial score (nSPS) is 23.9. The van der Waals surface area contributed by atoms with Crippen LogP contribution < -0.4 is 4.74 Å². The summed E-state index contributed by atoms with van der Waals surface area (Å²) in [7, 11) is 1.62. The molecule has 0 spiro atoms. The monoisotopic (exact) mass is 388 g/mol. The Morgan fingerprint density at radius 3 is 2.34 bits per heavy atom. The van der Waals surface area contributed by atoms with E-state index in [-0.39, 0.29) is 17.5 Å². The first kappa shape index (κ1) is 19.1. The minimum atomic E-state index is -0.527. The van der Waals surface area contributed by atoms with Crippen molar-refractivity contribution in [3.8, 4) is 11.8 Å². The van der Waals surface area contributed by atoms with Gasteiger partial charge in [-0.3, -0.25) is 9.79 Å². The first-order valence-electron chi connectivity index (χ1n) is 9.62. The quantitative estimate of drug-likeness (QED) is 0.749. The van der Waals surface area contributed by atoms with Crippen molar-refractivity contribution in [2.75, 3.05) is 7.11 Å². The molecule has 5 heteroatoms. The summed E-state index contributed by atoms with van der Waals surface area (Å²) < 4.78 is 18.7. The van der Waals surface area contributed by atoms with Gasteiger partial charge in [0, 0.05) is 29.3 Å². The number of benzene rings is 2. The molecule has 2 aliphatic rings. The predicted molar refractivity (Wildman–Crippen MR) is 108 cm³/mol. The summed E-state index contributed by atoms with van der Waals surface area (Å²) in [5.74, 6) is -0.449. The van der Waals surface area contributed by atoms with Gasteiger partial charge in [-0.2, -0.15) is 5.26 Å². The first-order chi connectivity index (χ1) is 14.0. The Bertz CT molecular complexity index is 1050. The molecule has 0 N–H and O–H groups in total. The van der Waals surface area contributed by atoms with Crippen LogP contribution in [0, 0.1) is 23.1 Å².